The maximum Gasteiger partial charge on any atom is 0.311 e. The number of pyridine rings is 1. The summed E-state index contributed by atoms with van der Waals surface area (Å²) in [6.07, 6.45) is 2.12. The highest BCUT2D eigenvalue weighted by atomic mass is 32.2. The summed E-state index contributed by atoms with van der Waals surface area (Å²) in [6, 6.07) is 19.3. The van der Waals surface area contributed by atoms with Gasteiger partial charge >= 0.3 is 10.1 Å². The molecule has 0 bridgehead atoms. The molecule has 2 heterocycles. The summed E-state index contributed by atoms with van der Waals surface area (Å²) >= 11 is 0. The maximum atomic E-state index is 12.6. The molecule has 2 atom stereocenters. The summed E-state index contributed by atoms with van der Waals surface area (Å²) in [5, 5.41) is 6.09. The van der Waals surface area contributed by atoms with Crippen LogP contribution in [0.2, 0.25) is 0 Å². The zero-order valence-corrected chi connectivity index (χ0v) is 18.0. The van der Waals surface area contributed by atoms with Crippen LogP contribution in [0.25, 0.3) is 11.1 Å². The number of nitrogens with one attached hydrogen (secondary N) is 2. The van der Waals surface area contributed by atoms with Crippen LogP contribution < -0.4 is 10.7 Å². The number of hydrogen-bond donors (Lipinski definition) is 4. The van der Waals surface area contributed by atoms with Gasteiger partial charge in [-0.25, -0.2) is 5.32 Å². The molecular formula is C20H18N4O6S2. The molecule has 0 saturated heterocycles. The molecule has 1 aliphatic heterocycles. The number of benzene rings is 2. The SMILES string of the molecule is O=S(=O)(O)C1(c2ccccc2)C=NNC(c2cc(-c3ccccc3)ccn2)(S(=O)(=O)O)N1. The zero-order chi connectivity index (χ0) is 23.0. The van der Waals surface area contributed by atoms with E-state index in [4.69, 9.17) is 0 Å². The van der Waals surface area contributed by atoms with Crippen LogP contribution in [-0.4, -0.2) is 37.1 Å². The van der Waals surface area contributed by atoms with E-state index < -0.39 is 30.1 Å². The number of hydrazone groups is 1. The standard InChI is InChI=1S/C20H18N4O6S2/c25-31(26,27)19(17-9-5-2-6-10-17)14-22-24-20(23-19,32(28,29)30)18-13-16(11-12-21-18)15-7-3-1-4-8-15/h1-14,23-24H,(H,25,26,27)(H,28,29,30). The fraction of sp³-hybridized carbons (Fsp3) is 0.100. The van der Waals surface area contributed by atoms with Crippen LogP contribution in [0.5, 0.6) is 0 Å². The molecule has 32 heavy (non-hydrogen) atoms. The summed E-state index contributed by atoms with van der Waals surface area (Å²) in [6.45, 7) is 0. The Hall–Kier alpha value is -3.16. The quantitative estimate of drug-likeness (QED) is 0.404. The maximum absolute atomic E-state index is 12.6. The highest BCUT2D eigenvalue weighted by Gasteiger charge is 2.59. The molecule has 0 saturated carbocycles. The van der Waals surface area contributed by atoms with Crippen LogP contribution in [-0.2, 0) is 30.1 Å². The number of rotatable bonds is 5. The second kappa shape index (κ2) is 7.76. The van der Waals surface area contributed by atoms with E-state index in [2.05, 4.69) is 20.8 Å². The van der Waals surface area contributed by atoms with Crippen molar-refractivity contribution in [3.05, 3.63) is 90.3 Å². The second-order valence-corrected chi connectivity index (χ2v) is 10.2. The number of aromatic nitrogens is 1. The third-order valence-corrected chi connectivity index (χ3v) is 7.49. The average molecular weight is 475 g/mol. The van der Waals surface area contributed by atoms with Crippen molar-refractivity contribution >= 4 is 26.5 Å². The van der Waals surface area contributed by atoms with Crippen molar-refractivity contribution in [1.29, 1.82) is 0 Å². The molecular weight excluding hydrogens is 456 g/mol. The third kappa shape index (κ3) is 3.57. The second-order valence-electron chi connectivity index (χ2n) is 7.02. The molecule has 0 spiro atoms. The van der Waals surface area contributed by atoms with Crippen LogP contribution in [0.15, 0.2) is 84.1 Å². The lowest BCUT2D eigenvalue weighted by Gasteiger charge is -2.41. The molecule has 0 amide bonds. The van der Waals surface area contributed by atoms with Gasteiger partial charge in [0.25, 0.3) is 15.1 Å². The molecule has 1 aromatic heterocycles. The molecule has 1 aliphatic rings. The molecule has 4 N–H and O–H groups in total. The van der Waals surface area contributed by atoms with Crippen molar-refractivity contribution in [2.24, 2.45) is 5.10 Å². The summed E-state index contributed by atoms with van der Waals surface area (Å²) < 4.78 is 70.7. The molecule has 166 valence electrons. The van der Waals surface area contributed by atoms with Crippen LogP contribution in [0.3, 0.4) is 0 Å². The largest absolute Gasteiger partial charge is 0.311 e. The van der Waals surface area contributed by atoms with Gasteiger partial charge in [-0.3, -0.25) is 19.5 Å². The Morgan fingerprint density at radius 3 is 2.00 bits per heavy atom. The van der Waals surface area contributed by atoms with E-state index in [0.29, 0.717) is 5.56 Å². The minimum atomic E-state index is -5.15. The molecule has 2 aromatic carbocycles. The van der Waals surface area contributed by atoms with E-state index in [1.54, 1.807) is 36.4 Å². The first kappa shape index (κ1) is 22.0. The third-order valence-electron chi connectivity index (χ3n) is 5.05. The monoisotopic (exact) mass is 474 g/mol. The van der Waals surface area contributed by atoms with E-state index >= 15 is 0 Å². The van der Waals surface area contributed by atoms with Gasteiger partial charge in [-0.1, -0.05) is 60.7 Å². The van der Waals surface area contributed by atoms with Crippen molar-refractivity contribution in [2.75, 3.05) is 0 Å². The molecule has 2 unspecified atom stereocenters. The van der Waals surface area contributed by atoms with Gasteiger partial charge in [-0.15, -0.1) is 0 Å². The molecule has 0 radical (unpaired) electrons. The molecule has 3 aromatic rings. The van der Waals surface area contributed by atoms with Gasteiger partial charge in [-0.2, -0.15) is 21.9 Å². The first-order chi connectivity index (χ1) is 15.1. The lowest BCUT2D eigenvalue weighted by Crippen LogP contribution is -2.69. The molecule has 0 aliphatic carbocycles. The van der Waals surface area contributed by atoms with Gasteiger partial charge in [0.15, 0.2) is 0 Å². The van der Waals surface area contributed by atoms with E-state index in [1.807, 2.05) is 6.07 Å². The van der Waals surface area contributed by atoms with Gasteiger partial charge in [0.1, 0.15) is 5.69 Å². The molecule has 0 fully saturated rings. The number of hydrogen-bond acceptors (Lipinski definition) is 8. The lowest BCUT2D eigenvalue weighted by atomic mass is 10.0. The Morgan fingerprint density at radius 2 is 1.41 bits per heavy atom. The van der Waals surface area contributed by atoms with E-state index in [1.165, 1.54) is 36.5 Å². The summed E-state index contributed by atoms with van der Waals surface area (Å²) in [5.41, 5.74) is 3.21. The first-order valence-electron chi connectivity index (χ1n) is 9.21. The Labute approximate surface area is 184 Å². The zero-order valence-electron chi connectivity index (χ0n) is 16.3. The van der Waals surface area contributed by atoms with Crippen molar-refractivity contribution in [3.8, 4) is 11.1 Å². The van der Waals surface area contributed by atoms with E-state index in [0.717, 1.165) is 11.8 Å². The van der Waals surface area contributed by atoms with Crippen molar-refractivity contribution in [2.45, 2.75) is 9.87 Å². The fourth-order valence-corrected chi connectivity index (χ4v) is 5.26. The van der Waals surface area contributed by atoms with Gasteiger partial charge in [0.05, 0.1) is 6.21 Å². The predicted octanol–water partition coefficient (Wildman–Crippen LogP) is 1.67. The number of nitrogens with zero attached hydrogens (tertiary/aromatic N) is 2. The highest BCUT2D eigenvalue weighted by molar-refractivity contribution is 7.88. The normalized spacial score (nSPS) is 23.4. The smallest absolute Gasteiger partial charge is 0.284 e. The summed E-state index contributed by atoms with van der Waals surface area (Å²) in [4.78, 5) is -1.14. The Balaban J connectivity index is 1.96. The van der Waals surface area contributed by atoms with E-state index in [-0.39, 0.29) is 11.3 Å². The van der Waals surface area contributed by atoms with Gasteiger partial charge in [-0.05, 0) is 28.8 Å². The summed E-state index contributed by atoms with van der Waals surface area (Å²) in [5.74, 6) is 0. The highest BCUT2D eigenvalue weighted by Crippen LogP contribution is 2.36. The van der Waals surface area contributed by atoms with Crippen LogP contribution in [0.1, 0.15) is 11.3 Å². The average Bonchev–Trinajstić information content (AvgIpc) is 2.79. The Kier molecular flexibility index (Phi) is 5.35. The summed E-state index contributed by atoms with van der Waals surface area (Å²) in [7, 11) is -10.2. The van der Waals surface area contributed by atoms with Gasteiger partial charge in [0, 0.05) is 6.20 Å². The minimum Gasteiger partial charge on any atom is -0.284 e. The van der Waals surface area contributed by atoms with Crippen LogP contribution >= 0.6 is 0 Å². The predicted molar refractivity (Wildman–Crippen MR) is 117 cm³/mol. The van der Waals surface area contributed by atoms with E-state index in [9.17, 15) is 25.9 Å². The Bertz CT molecular complexity index is 1380. The lowest BCUT2D eigenvalue weighted by molar-refractivity contribution is 0.276. The fourth-order valence-electron chi connectivity index (χ4n) is 3.46. The van der Waals surface area contributed by atoms with Crippen LogP contribution in [0, 0.1) is 0 Å². The molecule has 12 heteroatoms. The topological polar surface area (TPSA) is 158 Å². The minimum absolute atomic E-state index is 0.0278. The van der Waals surface area contributed by atoms with Gasteiger partial charge < -0.3 is 0 Å². The van der Waals surface area contributed by atoms with Crippen molar-refractivity contribution in [1.82, 2.24) is 15.7 Å². The van der Waals surface area contributed by atoms with Crippen molar-refractivity contribution in [3.63, 3.8) is 0 Å². The Morgan fingerprint density at radius 1 is 0.781 bits per heavy atom. The first-order valence-corrected chi connectivity index (χ1v) is 12.1. The van der Waals surface area contributed by atoms with Gasteiger partial charge in [0.2, 0.25) is 4.87 Å². The molecule has 10 nitrogen and oxygen atoms in total. The van der Waals surface area contributed by atoms with Crippen LogP contribution in [0.4, 0.5) is 0 Å². The van der Waals surface area contributed by atoms with Crippen molar-refractivity contribution < 1.29 is 25.9 Å². The molecule has 4 rings (SSSR count).